The number of rotatable bonds is 7. The maximum Gasteiger partial charge on any atom is 0.347 e. The first kappa shape index (κ1) is 15.1. The first-order chi connectivity index (χ1) is 10.1. The molecule has 112 valence electrons. The van der Waals surface area contributed by atoms with Gasteiger partial charge >= 0.3 is 5.97 Å². The van der Waals surface area contributed by atoms with E-state index in [1.807, 2.05) is 26.0 Å². The zero-order valence-corrected chi connectivity index (χ0v) is 12.6. The molecule has 1 aromatic heterocycles. The molecule has 7 heteroatoms. The number of hydrogen-bond acceptors (Lipinski definition) is 6. The van der Waals surface area contributed by atoms with E-state index >= 15 is 0 Å². The molecule has 0 aliphatic rings. The van der Waals surface area contributed by atoms with Gasteiger partial charge in [-0.05, 0) is 26.0 Å². The highest BCUT2D eigenvalue weighted by Crippen LogP contribution is 2.32. The SMILES string of the molecule is CCOc1ccc(Nc2ncc(C(=O)O)s2)cc1OCC. The minimum Gasteiger partial charge on any atom is -0.490 e. The second-order valence-electron chi connectivity index (χ2n) is 3.99. The van der Waals surface area contributed by atoms with Crippen LogP contribution in [0.5, 0.6) is 11.5 Å². The van der Waals surface area contributed by atoms with Crippen molar-refractivity contribution < 1.29 is 19.4 Å². The van der Waals surface area contributed by atoms with E-state index < -0.39 is 5.97 Å². The predicted molar refractivity (Wildman–Crippen MR) is 81.1 cm³/mol. The van der Waals surface area contributed by atoms with Gasteiger partial charge in [0.2, 0.25) is 0 Å². The highest BCUT2D eigenvalue weighted by atomic mass is 32.1. The van der Waals surface area contributed by atoms with Crippen molar-refractivity contribution in [3.63, 3.8) is 0 Å². The first-order valence-corrected chi connectivity index (χ1v) is 7.31. The molecular weight excluding hydrogens is 292 g/mol. The van der Waals surface area contributed by atoms with Crippen LogP contribution < -0.4 is 14.8 Å². The number of hydrogen-bond donors (Lipinski definition) is 2. The molecule has 0 radical (unpaired) electrons. The van der Waals surface area contributed by atoms with Crippen LogP contribution in [0.25, 0.3) is 0 Å². The molecule has 0 saturated heterocycles. The Morgan fingerprint density at radius 2 is 2.00 bits per heavy atom. The average molecular weight is 308 g/mol. The molecule has 1 heterocycles. The van der Waals surface area contributed by atoms with E-state index in [2.05, 4.69) is 10.3 Å². The number of ether oxygens (including phenoxy) is 2. The van der Waals surface area contributed by atoms with Gasteiger partial charge in [-0.25, -0.2) is 9.78 Å². The number of aromatic nitrogens is 1. The van der Waals surface area contributed by atoms with Crippen LogP contribution in [0.2, 0.25) is 0 Å². The minimum atomic E-state index is -0.984. The van der Waals surface area contributed by atoms with Crippen LogP contribution in [0.1, 0.15) is 23.5 Å². The van der Waals surface area contributed by atoms with E-state index in [0.717, 1.165) is 17.0 Å². The maximum absolute atomic E-state index is 10.8. The van der Waals surface area contributed by atoms with Crippen LogP contribution in [-0.2, 0) is 0 Å². The summed E-state index contributed by atoms with van der Waals surface area (Å²) >= 11 is 1.08. The Kier molecular flexibility index (Phi) is 4.99. The fraction of sp³-hybridized carbons (Fsp3) is 0.286. The number of aromatic carboxylic acids is 1. The monoisotopic (exact) mass is 308 g/mol. The highest BCUT2D eigenvalue weighted by Gasteiger charge is 2.10. The molecule has 0 bridgehead atoms. The summed E-state index contributed by atoms with van der Waals surface area (Å²) in [6.45, 7) is 4.89. The number of thiazole rings is 1. The lowest BCUT2D eigenvalue weighted by atomic mass is 10.2. The standard InChI is InChI=1S/C14H16N2O4S/c1-3-19-10-6-5-9(7-11(10)20-4-2)16-14-15-8-12(21-14)13(17)18/h5-8H,3-4H2,1-2H3,(H,15,16)(H,17,18). The Morgan fingerprint density at radius 3 is 2.62 bits per heavy atom. The summed E-state index contributed by atoms with van der Waals surface area (Å²) in [5.74, 6) is 0.330. The van der Waals surface area contributed by atoms with Crippen molar-refractivity contribution in [3.05, 3.63) is 29.3 Å². The van der Waals surface area contributed by atoms with Crippen LogP contribution in [0.15, 0.2) is 24.4 Å². The number of nitrogens with zero attached hydrogens (tertiary/aromatic N) is 1. The van der Waals surface area contributed by atoms with Gasteiger partial charge in [-0.2, -0.15) is 0 Å². The number of nitrogens with one attached hydrogen (secondary N) is 1. The number of carbonyl (C=O) groups is 1. The number of benzene rings is 1. The van der Waals surface area contributed by atoms with E-state index in [0.29, 0.717) is 29.8 Å². The van der Waals surface area contributed by atoms with Gasteiger partial charge in [0.15, 0.2) is 16.6 Å². The van der Waals surface area contributed by atoms with E-state index in [-0.39, 0.29) is 4.88 Å². The van der Waals surface area contributed by atoms with Crippen molar-refractivity contribution >= 4 is 28.1 Å². The number of carboxylic acid groups (broad SMARTS) is 1. The van der Waals surface area contributed by atoms with Crippen molar-refractivity contribution in [2.45, 2.75) is 13.8 Å². The number of anilines is 2. The molecule has 1 aromatic carbocycles. The molecule has 2 aromatic rings. The molecule has 6 nitrogen and oxygen atoms in total. The Balaban J connectivity index is 2.19. The zero-order valence-electron chi connectivity index (χ0n) is 11.8. The van der Waals surface area contributed by atoms with Crippen LogP contribution in [0.4, 0.5) is 10.8 Å². The number of carboxylic acids is 1. The van der Waals surface area contributed by atoms with Crippen molar-refractivity contribution in [1.29, 1.82) is 0 Å². The van der Waals surface area contributed by atoms with Gasteiger partial charge in [-0.15, -0.1) is 0 Å². The summed E-state index contributed by atoms with van der Waals surface area (Å²) in [4.78, 5) is 15.0. The van der Waals surface area contributed by atoms with Crippen LogP contribution in [-0.4, -0.2) is 29.3 Å². The van der Waals surface area contributed by atoms with Gasteiger partial charge in [-0.3, -0.25) is 0 Å². The third-order valence-electron chi connectivity index (χ3n) is 2.51. The van der Waals surface area contributed by atoms with Gasteiger partial charge < -0.3 is 19.9 Å². The molecule has 0 atom stereocenters. The molecule has 0 fully saturated rings. The van der Waals surface area contributed by atoms with Crippen LogP contribution in [0.3, 0.4) is 0 Å². The van der Waals surface area contributed by atoms with E-state index in [9.17, 15) is 4.79 Å². The average Bonchev–Trinajstić information content (AvgIpc) is 2.91. The van der Waals surface area contributed by atoms with E-state index in [1.165, 1.54) is 6.20 Å². The summed E-state index contributed by atoms with van der Waals surface area (Å²) in [6.07, 6.45) is 1.33. The van der Waals surface area contributed by atoms with Gasteiger partial charge in [0.1, 0.15) is 4.88 Å². The second kappa shape index (κ2) is 6.94. The Bertz CT molecular complexity index is 627. The lowest BCUT2D eigenvalue weighted by Gasteiger charge is -2.12. The van der Waals surface area contributed by atoms with E-state index in [4.69, 9.17) is 14.6 Å². The third-order valence-corrected chi connectivity index (χ3v) is 3.41. The fourth-order valence-corrected chi connectivity index (χ4v) is 2.36. The normalized spacial score (nSPS) is 10.2. The molecule has 0 spiro atoms. The molecule has 0 unspecified atom stereocenters. The maximum atomic E-state index is 10.8. The van der Waals surface area contributed by atoms with Crippen molar-refractivity contribution in [2.75, 3.05) is 18.5 Å². The topological polar surface area (TPSA) is 80.7 Å². The summed E-state index contributed by atoms with van der Waals surface area (Å²) < 4.78 is 11.0. The zero-order chi connectivity index (χ0) is 15.2. The lowest BCUT2D eigenvalue weighted by Crippen LogP contribution is -1.99. The van der Waals surface area contributed by atoms with Crippen molar-refractivity contribution in [3.8, 4) is 11.5 Å². The Hall–Kier alpha value is -2.28. The summed E-state index contributed by atoms with van der Waals surface area (Å²) in [7, 11) is 0. The summed E-state index contributed by atoms with van der Waals surface area (Å²) in [6, 6.07) is 5.44. The summed E-state index contributed by atoms with van der Waals surface area (Å²) in [5, 5.41) is 12.4. The predicted octanol–water partition coefficient (Wildman–Crippen LogP) is 3.38. The molecule has 0 amide bonds. The largest absolute Gasteiger partial charge is 0.490 e. The first-order valence-electron chi connectivity index (χ1n) is 6.49. The Morgan fingerprint density at radius 1 is 1.29 bits per heavy atom. The van der Waals surface area contributed by atoms with Gasteiger partial charge in [0.25, 0.3) is 0 Å². The fourth-order valence-electron chi connectivity index (χ4n) is 1.68. The smallest absolute Gasteiger partial charge is 0.347 e. The van der Waals surface area contributed by atoms with Crippen molar-refractivity contribution in [1.82, 2.24) is 4.98 Å². The van der Waals surface area contributed by atoms with Gasteiger partial charge in [0.05, 0.1) is 19.4 Å². The van der Waals surface area contributed by atoms with Gasteiger partial charge in [-0.1, -0.05) is 11.3 Å². The van der Waals surface area contributed by atoms with E-state index in [1.54, 1.807) is 6.07 Å². The Labute approximate surface area is 126 Å². The second-order valence-corrected chi connectivity index (χ2v) is 5.02. The summed E-state index contributed by atoms with van der Waals surface area (Å²) in [5.41, 5.74) is 0.758. The molecule has 2 rings (SSSR count). The van der Waals surface area contributed by atoms with Crippen molar-refractivity contribution in [2.24, 2.45) is 0 Å². The lowest BCUT2D eigenvalue weighted by molar-refractivity contribution is 0.0702. The molecule has 0 aliphatic heterocycles. The third kappa shape index (κ3) is 3.85. The van der Waals surface area contributed by atoms with Crippen LogP contribution in [0, 0.1) is 0 Å². The molecular formula is C14H16N2O4S. The molecule has 21 heavy (non-hydrogen) atoms. The molecule has 0 saturated carbocycles. The molecule has 0 aliphatic carbocycles. The van der Waals surface area contributed by atoms with Crippen LogP contribution >= 0.6 is 11.3 Å². The highest BCUT2D eigenvalue weighted by molar-refractivity contribution is 7.17. The quantitative estimate of drug-likeness (QED) is 0.816. The molecule has 2 N–H and O–H groups in total. The minimum absolute atomic E-state index is 0.188. The van der Waals surface area contributed by atoms with Gasteiger partial charge in [0, 0.05) is 11.8 Å².